The van der Waals surface area contributed by atoms with Crippen LogP contribution in [0.15, 0.2) is 0 Å². The molecule has 6 heteroatoms. The molecule has 3 atom stereocenters. The van der Waals surface area contributed by atoms with Gasteiger partial charge in [0.25, 0.3) is 0 Å². The van der Waals surface area contributed by atoms with E-state index in [9.17, 15) is 9.59 Å². The highest BCUT2D eigenvalue weighted by Crippen LogP contribution is 2.38. The van der Waals surface area contributed by atoms with Crippen LogP contribution in [-0.4, -0.2) is 75.6 Å². The average molecular weight is 404 g/mol. The van der Waals surface area contributed by atoms with Gasteiger partial charge in [0.2, 0.25) is 5.91 Å². The van der Waals surface area contributed by atoms with Gasteiger partial charge in [-0.15, -0.1) is 12.3 Å². The van der Waals surface area contributed by atoms with Crippen molar-refractivity contribution in [2.45, 2.75) is 102 Å². The maximum atomic E-state index is 13.9. The van der Waals surface area contributed by atoms with Crippen LogP contribution in [0.5, 0.6) is 0 Å². The summed E-state index contributed by atoms with van der Waals surface area (Å²) in [5, 5.41) is 0. The van der Waals surface area contributed by atoms with Crippen molar-refractivity contribution in [3.8, 4) is 12.3 Å². The van der Waals surface area contributed by atoms with Crippen molar-refractivity contribution in [2.75, 3.05) is 19.6 Å². The largest absolute Gasteiger partial charge is 0.444 e. The molecule has 3 aliphatic rings. The van der Waals surface area contributed by atoms with E-state index in [0.29, 0.717) is 31.1 Å². The number of ether oxygens (including phenoxy) is 1. The molecule has 3 rings (SSSR count). The Balaban J connectivity index is 1.84. The molecular formula is C23H37N3O3. The molecule has 0 spiro atoms. The second-order valence-corrected chi connectivity index (χ2v) is 10.1. The number of nitrogens with zero attached hydrogens (tertiary/aromatic N) is 3. The van der Waals surface area contributed by atoms with Gasteiger partial charge in [0, 0.05) is 44.2 Å². The lowest BCUT2D eigenvalue weighted by molar-refractivity contribution is -0.143. The van der Waals surface area contributed by atoms with Crippen LogP contribution in [0.4, 0.5) is 4.79 Å². The van der Waals surface area contributed by atoms with E-state index in [0.717, 1.165) is 32.4 Å². The van der Waals surface area contributed by atoms with Crippen molar-refractivity contribution in [3.05, 3.63) is 0 Å². The fourth-order valence-corrected chi connectivity index (χ4v) is 5.54. The van der Waals surface area contributed by atoms with Crippen LogP contribution in [0.2, 0.25) is 0 Å². The van der Waals surface area contributed by atoms with Crippen LogP contribution < -0.4 is 0 Å². The summed E-state index contributed by atoms with van der Waals surface area (Å²) in [5.74, 6) is 2.70. The molecule has 0 saturated carbocycles. The Morgan fingerprint density at radius 3 is 2.48 bits per heavy atom. The maximum Gasteiger partial charge on any atom is 0.411 e. The van der Waals surface area contributed by atoms with Crippen molar-refractivity contribution >= 4 is 12.0 Å². The molecule has 162 valence electrons. The van der Waals surface area contributed by atoms with Crippen molar-refractivity contribution in [3.63, 3.8) is 0 Å². The fourth-order valence-electron chi connectivity index (χ4n) is 5.54. The van der Waals surface area contributed by atoms with E-state index in [-0.39, 0.29) is 12.3 Å². The minimum Gasteiger partial charge on any atom is -0.444 e. The molecule has 0 aliphatic carbocycles. The molecule has 3 saturated heterocycles. The van der Waals surface area contributed by atoms with Gasteiger partial charge in [-0.1, -0.05) is 0 Å². The number of terminal acetylenes is 1. The third-order valence-electron chi connectivity index (χ3n) is 6.62. The summed E-state index contributed by atoms with van der Waals surface area (Å²) >= 11 is 0. The Morgan fingerprint density at radius 2 is 1.86 bits per heavy atom. The van der Waals surface area contributed by atoms with Crippen LogP contribution in [0.3, 0.4) is 0 Å². The summed E-state index contributed by atoms with van der Waals surface area (Å²) in [5.41, 5.74) is -1.58. The normalized spacial score (nSPS) is 30.4. The highest BCUT2D eigenvalue weighted by Gasteiger charge is 2.53. The first-order valence-electron chi connectivity index (χ1n) is 11.1. The van der Waals surface area contributed by atoms with E-state index in [1.807, 2.05) is 25.7 Å². The smallest absolute Gasteiger partial charge is 0.411 e. The number of hydrogen-bond acceptors (Lipinski definition) is 4. The molecule has 3 aliphatic heterocycles. The Labute approximate surface area is 175 Å². The molecule has 3 heterocycles. The van der Waals surface area contributed by atoms with Gasteiger partial charge >= 0.3 is 6.09 Å². The monoisotopic (exact) mass is 403 g/mol. The molecule has 29 heavy (non-hydrogen) atoms. The van der Waals surface area contributed by atoms with E-state index < -0.39 is 17.2 Å². The number of hydrogen-bond donors (Lipinski definition) is 0. The second kappa shape index (κ2) is 8.18. The minimum absolute atomic E-state index is 0.00932. The maximum absolute atomic E-state index is 13.9. The number of amides is 2. The molecular weight excluding hydrogens is 366 g/mol. The van der Waals surface area contributed by atoms with E-state index >= 15 is 0 Å². The summed E-state index contributed by atoms with van der Waals surface area (Å²) < 4.78 is 5.62. The fraction of sp³-hybridized carbons (Fsp3) is 0.826. The zero-order chi connectivity index (χ0) is 21.4. The van der Waals surface area contributed by atoms with Crippen LogP contribution >= 0.6 is 0 Å². The molecule has 2 amide bonds. The van der Waals surface area contributed by atoms with Crippen LogP contribution in [-0.2, 0) is 9.53 Å². The molecule has 0 aromatic rings. The third kappa shape index (κ3) is 4.26. The summed E-state index contributed by atoms with van der Waals surface area (Å²) in [6.07, 6.45) is 10.2. The van der Waals surface area contributed by atoms with E-state index in [2.05, 4.69) is 24.7 Å². The number of fused-ring (bicyclic) bond motifs is 2. The van der Waals surface area contributed by atoms with Gasteiger partial charge in [-0.25, -0.2) is 4.79 Å². The Kier molecular flexibility index (Phi) is 6.19. The Morgan fingerprint density at radius 1 is 1.17 bits per heavy atom. The summed E-state index contributed by atoms with van der Waals surface area (Å²) in [7, 11) is 0. The van der Waals surface area contributed by atoms with E-state index in [1.54, 1.807) is 4.90 Å². The van der Waals surface area contributed by atoms with Gasteiger partial charge in [-0.2, -0.15) is 0 Å². The van der Waals surface area contributed by atoms with E-state index in [4.69, 9.17) is 11.2 Å². The number of likely N-dealkylation sites (tertiary alicyclic amines) is 2. The minimum atomic E-state index is -0.969. The molecule has 0 aromatic heterocycles. The average Bonchev–Trinajstić information content (AvgIpc) is 3.14. The zero-order valence-electron chi connectivity index (χ0n) is 18.7. The van der Waals surface area contributed by atoms with Gasteiger partial charge in [-0.05, 0) is 66.7 Å². The topological polar surface area (TPSA) is 53.1 Å². The van der Waals surface area contributed by atoms with Crippen LogP contribution in [0.25, 0.3) is 0 Å². The quantitative estimate of drug-likeness (QED) is 0.679. The molecule has 6 nitrogen and oxygen atoms in total. The SMILES string of the molecule is C#CC[C@@]1(C(=O)N2CC[C@H]3CC[C@@H](C2)N3C(C)C)CCCN1C(=O)OC(C)(C)C. The first-order chi connectivity index (χ1) is 13.6. The molecule has 0 radical (unpaired) electrons. The van der Waals surface area contributed by atoms with Crippen LogP contribution in [0, 0.1) is 12.3 Å². The number of rotatable bonds is 3. The van der Waals surface area contributed by atoms with Crippen molar-refractivity contribution in [1.82, 2.24) is 14.7 Å². The van der Waals surface area contributed by atoms with Crippen molar-refractivity contribution < 1.29 is 14.3 Å². The Bertz CT molecular complexity index is 678. The molecule has 0 unspecified atom stereocenters. The standard InChI is InChI=1S/C23H37N3O3/c1-7-12-23(13-8-14-25(23)21(28)29-22(4,5)6)20(27)24-15-11-18-9-10-19(16-24)26(18)17(2)3/h1,17-19H,8-16H2,2-6H3/t18-,19+,23+/m1/s1. The van der Waals surface area contributed by atoms with Gasteiger partial charge in [0.05, 0.1) is 0 Å². The molecule has 3 fully saturated rings. The summed E-state index contributed by atoms with van der Waals surface area (Å²) in [6.45, 7) is 12.0. The van der Waals surface area contributed by atoms with Gasteiger partial charge in [-0.3, -0.25) is 14.6 Å². The number of carbonyl (C=O) groups excluding carboxylic acids is 2. The van der Waals surface area contributed by atoms with E-state index in [1.165, 1.54) is 6.42 Å². The zero-order valence-corrected chi connectivity index (χ0v) is 18.7. The second-order valence-electron chi connectivity index (χ2n) is 10.1. The predicted molar refractivity (Wildman–Crippen MR) is 113 cm³/mol. The molecule has 2 bridgehead atoms. The molecule has 0 N–H and O–H groups in total. The van der Waals surface area contributed by atoms with Crippen molar-refractivity contribution in [2.24, 2.45) is 0 Å². The summed E-state index contributed by atoms with van der Waals surface area (Å²) in [6, 6.07) is 1.42. The van der Waals surface area contributed by atoms with Crippen LogP contribution in [0.1, 0.15) is 73.1 Å². The van der Waals surface area contributed by atoms with Gasteiger partial charge < -0.3 is 9.64 Å². The summed E-state index contributed by atoms with van der Waals surface area (Å²) in [4.78, 5) is 33.0. The Hall–Kier alpha value is -1.74. The lowest BCUT2D eigenvalue weighted by Gasteiger charge is -2.40. The predicted octanol–water partition coefficient (Wildman–Crippen LogP) is 3.25. The first-order valence-corrected chi connectivity index (χ1v) is 11.1. The lowest BCUT2D eigenvalue weighted by atomic mass is 9.90. The van der Waals surface area contributed by atoms with Gasteiger partial charge in [0.15, 0.2) is 0 Å². The highest BCUT2D eigenvalue weighted by atomic mass is 16.6. The number of carbonyl (C=O) groups is 2. The van der Waals surface area contributed by atoms with Crippen molar-refractivity contribution in [1.29, 1.82) is 0 Å². The van der Waals surface area contributed by atoms with Gasteiger partial charge in [0.1, 0.15) is 11.1 Å². The molecule has 0 aromatic carbocycles. The first kappa shape index (κ1) is 22.0. The lowest BCUT2D eigenvalue weighted by Crippen LogP contribution is -2.60. The highest BCUT2D eigenvalue weighted by molar-refractivity contribution is 5.91. The third-order valence-corrected chi connectivity index (χ3v) is 6.62.